The van der Waals surface area contributed by atoms with Crippen LogP contribution < -0.4 is 5.32 Å². The Balaban J connectivity index is 1.99. The molecule has 1 aromatic heterocycles. The Morgan fingerprint density at radius 2 is 2.06 bits per heavy atom. The summed E-state index contributed by atoms with van der Waals surface area (Å²) in [5.74, 6) is 1.16. The molecule has 0 amide bonds. The highest BCUT2D eigenvalue weighted by Gasteiger charge is 2.01. The summed E-state index contributed by atoms with van der Waals surface area (Å²) in [5.41, 5.74) is 0.948. The lowest BCUT2D eigenvalue weighted by atomic mass is 10.3. The summed E-state index contributed by atoms with van der Waals surface area (Å²) >= 11 is 0. The topological polar surface area (TPSA) is 63.0 Å². The van der Waals surface area contributed by atoms with Gasteiger partial charge in [-0.2, -0.15) is 0 Å². The molecule has 0 saturated carbocycles. The van der Waals surface area contributed by atoms with Gasteiger partial charge in [0.25, 0.3) is 0 Å². The summed E-state index contributed by atoms with van der Waals surface area (Å²) < 4.78 is 1.98. The van der Waals surface area contributed by atoms with E-state index in [0.717, 1.165) is 18.1 Å². The second kappa shape index (κ2) is 4.65. The first-order valence-corrected chi connectivity index (χ1v) is 5.19. The van der Waals surface area contributed by atoms with Crippen molar-refractivity contribution in [2.45, 2.75) is 20.0 Å². The van der Waals surface area contributed by atoms with Crippen LogP contribution in [0.2, 0.25) is 0 Å². The number of hydrogen-bond donors (Lipinski definition) is 2. The molecule has 0 radical (unpaired) electrons. The highest BCUT2D eigenvalue weighted by Crippen LogP contribution is 2.14. The zero-order valence-corrected chi connectivity index (χ0v) is 9.09. The third kappa shape index (κ3) is 2.31. The molecule has 0 bridgehead atoms. The number of hydrogen-bond acceptors (Lipinski definition) is 4. The first kappa shape index (κ1) is 10.5. The molecule has 0 saturated heterocycles. The number of benzene rings is 1. The predicted octanol–water partition coefficient (Wildman–Crippen LogP) is 1.62. The van der Waals surface area contributed by atoms with Crippen LogP contribution in [0.25, 0.3) is 0 Å². The Hall–Kier alpha value is -2.04. The van der Waals surface area contributed by atoms with Gasteiger partial charge >= 0.3 is 0 Å². The van der Waals surface area contributed by atoms with Gasteiger partial charge in [0.15, 0.2) is 5.82 Å². The van der Waals surface area contributed by atoms with E-state index in [1.165, 1.54) is 0 Å². The number of aromatic nitrogens is 3. The van der Waals surface area contributed by atoms with Crippen molar-refractivity contribution in [1.82, 2.24) is 14.8 Å². The van der Waals surface area contributed by atoms with E-state index in [2.05, 4.69) is 15.5 Å². The van der Waals surface area contributed by atoms with Crippen LogP contribution in [0.1, 0.15) is 12.7 Å². The number of aryl methyl sites for hydroxylation is 1. The SMILES string of the molecule is CCn1cnnc1CNc1ccc(O)cc1. The molecule has 84 valence electrons. The number of aromatic hydroxyl groups is 1. The van der Waals surface area contributed by atoms with Gasteiger partial charge in [0.05, 0.1) is 6.54 Å². The fourth-order valence-corrected chi connectivity index (χ4v) is 1.44. The fourth-order valence-electron chi connectivity index (χ4n) is 1.44. The molecule has 1 heterocycles. The maximum atomic E-state index is 9.14. The Morgan fingerprint density at radius 1 is 1.31 bits per heavy atom. The Labute approximate surface area is 93.8 Å². The number of nitrogens with zero attached hydrogens (tertiary/aromatic N) is 3. The highest BCUT2D eigenvalue weighted by molar-refractivity contribution is 5.45. The zero-order valence-electron chi connectivity index (χ0n) is 9.09. The van der Waals surface area contributed by atoms with Crippen LogP contribution in [0.4, 0.5) is 5.69 Å². The molecule has 0 aliphatic carbocycles. The first-order chi connectivity index (χ1) is 7.79. The summed E-state index contributed by atoms with van der Waals surface area (Å²) in [5, 5.41) is 20.2. The van der Waals surface area contributed by atoms with E-state index in [9.17, 15) is 0 Å². The molecular weight excluding hydrogens is 204 g/mol. The summed E-state index contributed by atoms with van der Waals surface area (Å²) in [6.07, 6.45) is 1.72. The molecular formula is C11H14N4O. The van der Waals surface area contributed by atoms with E-state index in [1.54, 1.807) is 18.5 Å². The van der Waals surface area contributed by atoms with Crippen molar-refractivity contribution in [2.75, 3.05) is 5.32 Å². The van der Waals surface area contributed by atoms with Gasteiger partial charge in [-0.1, -0.05) is 0 Å². The molecule has 16 heavy (non-hydrogen) atoms. The van der Waals surface area contributed by atoms with E-state index in [1.807, 2.05) is 23.6 Å². The predicted molar refractivity (Wildman–Crippen MR) is 61.1 cm³/mol. The maximum absolute atomic E-state index is 9.14. The standard InChI is InChI=1S/C11H14N4O/c1-2-15-8-13-14-11(15)7-12-9-3-5-10(16)6-4-9/h3-6,8,12,16H,2,7H2,1H3. The van der Waals surface area contributed by atoms with Gasteiger partial charge in [-0.05, 0) is 31.2 Å². The third-order valence-corrected chi connectivity index (χ3v) is 2.35. The van der Waals surface area contributed by atoms with Gasteiger partial charge in [0.1, 0.15) is 12.1 Å². The molecule has 1 aromatic carbocycles. The van der Waals surface area contributed by atoms with Crippen LogP contribution in [0.15, 0.2) is 30.6 Å². The molecule has 0 aliphatic heterocycles. The summed E-state index contributed by atoms with van der Waals surface area (Å²) in [6.45, 7) is 3.53. The van der Waals surface area contributed by atoms with Gasteiger partial charge in [-0.25, -0.2) is 0 Å². The van der Waals surface area contributed by atoms with Crippen LogP contribution in [0.5, 0.6) is 5.75 Å². The lowest BCUT2D eigenvalue weighted by Crippen LogP contribution is -2.07. The number of rotatable bonds is 4. The largest absolute Gasteiger partial charge is 0.508 e. The van der Waals surface area contributed by atoms with Crippen molar-refractivity contribution in [2.24, 2.45) is 0 Å². The van der Waals surface area contributed by atoms with E-state index in [4.69, 9.17) is 5.11 Å². The molecule has 0 fully saturated rings. The molecule has 0 spiro atoms. The van der Waals surface area contributed by atoms with Gasteiger partial charge in [0.2, 0.25) is 0 Å². The minimum Gasteiger partial charge on any atom is -0.508 e. The number of phenolic OH excluding ortho intramolecular Hbond substituents is 1. The first-order valence-electron chi connectivity index (χ1n) is 5.19. The third-order valence-electron chi connectivity index (χ3n) is 2.35. The fraction of sp³-hybridized carbons (Fsp3) is 0.273. The average Bonchev–Trinajstić information content (AvgIpc) is 2.76. The van der Waals surface area contributed by atoms with E-state index >= 15 is 0 Å². The average molecular weight is 218 g/mol. The lowest BCUT2D eigenvalue weighted by Gasteiger charge is -2.06. The van der Waals surface area contributed by atoms with Crippen molar-refractivity contribution in [3.8, 4) is 5.75 Å². The van der Waals surface area contributed by atoms with Crippen molar-refractivity contribution < 1.29 is 5.11 Å². The van der Waals surface area contributed by atoms with Crippen molar-refractivity contribution in [3.05, 3.63) is 36.4 Å². The van der Waals surface area contributed by atoms with Crippen LogP contribution >= 0.6 is 0 Å². The number of nitrogens with one attached hydrogen (secondary N) is 1. The summed E-state index contributed by atoms with van der Waals surface area (Å²) in [6, 6.07) is 6.93. The van der Waals surface area contributed by atoms with Gasteiger partial charge in [0, 0.05) is 12.2 Å². The zero-order chi connectivity index (χ0) is 11.4. The highest BCUT2D eigenvalue weighted by atomic mass is 16.3. The van der Waals surface area contributed by atoms with Crippen LogP contribution in [0.3, 0.4) is 0 Å². The molecule has 5 heteroatoms. The monoisotopic (exact) mass is 218 g/mol. The smallest absolute Gasteiger partial charge is 0.152 e. The molecule has 2 N–H and O–H groups in total. The van der Waals surface area contributed by atoms with E-state index < -0.39 is 0 Å². The number of anilines is 1. The normalized spacial score (nSPS) is 10.3. The molecule has 0 atom stereocenters. The molecule has 2 rings (SSSR count). The second-order valence-electron chi connectivity index (χ2n) is 3.43. The summed E-state index contributed by atoms with van der Waals surface area (Å²) in [7, 11) is 0. The Morgan fingerprint density at radius 3 is 2.75 bits per heavy atom. The van der Waals surface area contributed by atoms with Crippen molar-refractivity contribution in [3.63, 3.8) is 0 Å². The van der Waals surface area contributed by atoms with Crippen molar-refractivity contribution >= 4 is 5.69 Å². The minimum absolute atomic E-state index is 0.266. The van der Waals surface area contributed by atoms with E-state index in [0.29, 0.717) is 6.54 Å². The molecule has 0 aliphatic rings. The molecule has 2 aromatic rings. The van der Waals surface area contributed by atoms with Crippen LogP contribution in [-0.4, -0.2) is 19.9 Å². The Bertz CT molecular complexity index is 449. The maximum Gasteiger partial charge on any atom is 0.152 e. The van der Waals surface area contributed by atoms with Gasteiger partial charge < -0.3 is 15.0 Å². The molecule has 5 nitrogen and oxygen atoms in total. The Kier molecular flexibility index (Phi) is 3.05. The van der Waals surface area contributed by atoms with Gasteiger partial charge in [-0.15, -0.1) is 10.2 Å². The minimum atomic E-state index is 0.266. The van der Waals surface area contributed by atoms with Gasteiger partial charge in [-0.3, -0.25) is 0 Å². The van der Waals surface area contributed by atoms with Crippen molar-refractivity contribution in [1.29, 1.82) is 0 Å². The van der Waals surface area contributed by atoms with E-state index in [-0.39, 0.29) is 5.75 Å². The lowest BCUT2D eigenvalue weighted by molar-refractivity contribution is 0.475. The molecule has 0 unspecified atom stereocenters. The number of phenols is 1. The van der Waals surface area contributed by atoms with Crippen LogP contribution in [-0.2, 0) is 13.1 Å². The summed E-state index contributed by atoms with van der Waals surface area (Å²) in [4.78, 5) is 0. The second-order valence-corrected chi connectivity index (χ2v) is 3.43. The van der Waals surface area contributed by atoms with Crippen LogP contribution in [0, 0.1) is 0 Å². The quantitative estimate of drug-likeness (QED) is 0.765.